The van der Waals surface area contributed by atoms with Crippen molar-refractivity contribution in [1.29, 1.82) is 5.26 Å². The van der Waals surface area contributed by atoms with Crippen LogP contribution in [-0.4, -0.2) is 31.7 Å². The molecule has 0 bridgehead atoms. The van der Waals surface area contributed by atoms with Crippen LogP contribution in [-0.2, 0) is 0 Å². The summed E-state index contributed by atoms with van der Waals surface area (Å²) in [7, 11) is 3.10. The highest BCUT2D eigenvalue weighted by atomic mass is 35.5. The van der Waals surface area contributed by atoms with E-state index in [-0.39, 0.29) is 0 Å². The van der Waals surface area contributed by atoms with E-state index >= 15 is 0 Å². The van der Waals surface area contributed by atoms with Gasteiger partial charge in [0, 0.05) is 28.4 Å². The molecule has 0 radical (unpaired) electrons. The average molecular weight is 503 g/mol. The van der Waals surface area contributed by atoms with Crippen molar-refractivity contribution >= 4 is 67.9 Å². The Morgan fingerprint density at radius 3 is 2.39 bits per heavy atom. The molecule has 33 heavy (non-hydrogen) atoms. The number of nitrogens with one attached hydrogen (secondary N) is 1. The molecule has 6 nitrogen and oxygen atoms in total. The molecule has 0 unspecified atom stereocenters. The van der Waals surface area contributed by atoms with E-state index < -0.39 is 0 Å². The van der Waals surface area contributed by atoms with Gasteiger partial charge < -0.3 is 19.5 Å². The van der Waals surface area contributed by atoms with Crippen LogP contribution in [0.2, 0.25) is 10.0 Å². The molecule has 0 aliphatic heterocycles. The maximum Gasteiger partial charge on any atom is 0.169 e. The Morgan fingerprint density at radius 1 is 0.970 bits per heavy atom. The fraction of sp³-hybridized carbons (Fsp3) is 0.167. The van der Waals surface area contributed by atoms with E-state index in [2.05, 4.69) is 16.4 Å². The minimum absolute atomic E-state index is 0.333. The van der Waals surface area contributed by atoms with Crippen LogP contribution < -0.4 is 19.5 Å². The van der Waals surface area contributed by atoms with Crippen LogP contribution in [0.3, 0.4) is 0 Å². The summed E-state index contributed by atoms with van der Waals surface area (Å²) in [5.74, 6) is 1.98. The molecule has 0 atom stereocenters. The number of halogens is 3. The van der Waals surface area contributed by atoms with Crippen molar-refractivity contribution in [2.75, 3.05) is 32.0 Å². The zero-order valence-electron chi connectivity index (χ0n) is 17.7. The second-order valence-electron chi connectivity index (χ2n) is 6.94. The summed E-state index contributed by atoms with van der Waals surface area (Å²) in [4.78, 5) is 4.57. The van der Waals surface area contributed by atoms with E-state index in [0.29, 0.717) is 62.2 Å². The van der Waals surface area contributed by atoms with Crippen LogP contribution in [0.4, 0.5) is 11.4 Å². The summed E-state index contributed by atoms with van der Waals surface area (Å²) in [6, 6.07) is 13.0. The van der Waals surface area contributed by atoms with Crippen LogP contribution in [0, 0.1) is 11.3 Å². The van der Waals surface area contributed by atoms with E-state index in [1.807, 2.05) is 24.3 Å². The quantitative estimate of drug-likeness (QED) is 0.218. The van der Waals surface area contributed by atoms with E-state index in [1.54, 1.807) is 19.2 Å². The molecular formula is C24H18Cl3N3O3. The topological polar surface area (TPSA) is 76.4 Å². The van der Waals surface area contributed by atoms with Gasteiger partial charge in [-0.25, -0.2) is 0 Å². The molecule has 0 aliphatic carbocycles. The van der Waals surface area contributed by atoms with Crippen molar-refractivity contribution in [3.05, 3.63) is 58.2 Å². The van der Waals surface area contributed by atoms with Crippen LogP contribution in [0.1, 0.15) is 5.56 Å². The molecule has 4 aromatic rings. The summed E-state index contributed by atoms with van der Waals surface area (Å²) >= 11 is 18.4. The molecule has 0 fully saturated rings. The highest BCUT2D eigenvalue weighted by molar-refractivity contribution is 6.37. The standard InChI is InChI=1S/C24H18Cl3N3O3/c1-31-20-6-5-14-15(24(20)33-8-7-25)3-4-16-22(13(11-28)12-29-23(14)16)30-19-10-21(32-2)18(27)9-17(19)26/h3-6,9-10,12H,7-8H2,1-2H3,(H,29,30). The lowest BCUT2D eigenvalue weighted by molar-refractivity contribution is 0.316. The lowest BCUT2D eigenvalue weighted by Crippen LogP contribution is -2.02. The maximum atomic E-state index is 9.74. The molecule has 9 heteroatoms. The molecule has 4 rings (SSSR count). The Labute approximate surface area is 205 Å². The number of nitrogens with zero attached hydrogens (tertiary/aromatic N) is 2. The average Bonchev–Trinajstić information content (AvgIpc) is 2.83. The van der Waals surface area contributed by atoms with Gasteiger partial charge in [-0.1, -0.05) is 23.2 Å². The predicted molar refractivity (Wildman–Crippen MR) is 133 cm³/mol. The zero-order valence-corrected chi connectivity index (χ0v) is 20.0. The van der Waals surface area contributed by atoms with Gasteiger partial charge in [-0.05, 0) is 30.3 Å². The number of nitriles is 1. The second-order valence-corrected chi connectivity index (χ2v) is 8.13. The number of methoxy groups -OCH3 is 2. The molecule has 0 aliphatic rings. The molecule has 1 N–H and O–H groups in total. The number of hydrogen-bond acceptors (Lipinski definition) is 6. The van der Waals surface area contributed by atoms with Gasteiger partial charge in [0.2, 0.25) is 0 Å². The number of ether oxygens (including phenoxy) is 3. The molecule has 0 spiro atoms. The van der Waals surface area contributed by atoms with Gasteiger partial charge in [0.1, 0.15) is 18.4 Å². The number of hydrogen-bond donors (Lipinski definition) is 1. The van der Waals surface area contributed by atoms with E-state index in [4.69, 9.17) is 49.0 Å². The number of alkyl halides is 1. The van der Waals surface area contributed by atoms with Crippen LogP contribution >= 0.6 is 34.8 Å². The summed E-state index contributed by atoms with van der Waals surface area (Å²) < 4.78 is 16.6. The van der Waals surface area contributed by atoms with Crippen molar-refractivity contribution in [3.8, 4) is 23.3 Å². The van der Waals surface area contributed by atoms with Crippen molar-refractivity contribution in [3.63, 3.8) is 0 Å². The monoisotopic (exact) mass is 501 g/mol. The SMILES string of the molecule is COc1cc(Nc2c(C#N)cnc3c2ccc2c(OCCCl)c(OC)ccc23)c(Cl)cc1Cl. The number of anilines is 2. The highest BCUT2D eigenvalue weighted by Crippen LogP contribution is 2.42. The Kier molecular flexibility index (Phi) is 6.85. The van der Waals surface area contributed by atoms with E-state index in [9.17, 15) is 5.26 Å². The first kappa shape index (κ1) is 23.1. The normalized spacial score (nSPS) is 10.8. The largest absolute Gasteiger partial charge is 0.495 e. The molecule has 1 aromatic heterocycles. The Hall–Kier alpha value is -3.11. The number of fused-ring (bicyclic) bond motifs is 3. The van der Waals surface area contributed by atoms with Gasteiger partial charge >= 0.3 is 0 Å². The van der Waals surface area contributed by atoms with Gasteiger partial charge in [-0.3, -0.25) is 4.98 Å². The van der Waals surface area contributed by atoms with Crippen molar-refractivity contribution in [2.24, 2.45) is 0 Å². The molecule has 0 saturated carbocycles. The van der Waals surface area contributed by atoms with Crippen molar-refractivity contribution in [2.45, 2.75) is 0 Å². The van der Waals surface area contributed by atoms with Gasteiger partial charge in [0.25, 0.3) is 0 Å². The Bertz CT molecular complexity index is 1400. The van der Waals surface area contributed by atoms with Crippen molar-refractivity contribution < 1.29 is 14.2 Å². The fourth-order valence-corrected chi connectivity index (χ4v) is 4.19. The fourth-order valence-electron chi connectivity index (χ4n) is 3.61. The van der Waals surface area contributed by atoms with Crippen LogP contribution in [0.15, 0.2) is 42.6 Å². The highest BCUT2D eigenvalue weighted by Gasteiger charge is 2.17. The third-order valence-corrected chi connectivity index (χ3v) is 5.88. The predicted octanol–water partition coefficient (Wildman–Crippen LogP) is 6.94. The smallest absolute Gasteiger partial charge is 0.169 e. The maximum absolute atomic E-state index is 9.74. The first-order valence-electron chi connectivity index (χ1n) is 9.83. The number of aromatic nitrogens is 1. The van der Waals surface area contributed by atoms with Gasteiger partial charge in [-0.2, -0.15) is 5.26 Å². The zero-order chi connectivity index (χ0) is 23.5. The Morgan fingerprint density at radius 2 is 1.70 bits per heavy atom. The first-order chi connectivity index (χ1) is 16.0. The third-order valence-electron chi connectivity index (χ3n) is 5.11. The molecule has 1 heterocycles. The second kappa shape index (κ2) is 9.80. The summed E-state index contributed by atoms with van der Waals surface area (Å²) in [6.45, 7) is 0.333. The first-order valence-corrected chi connectivity index (χ1v) is 11.1. The molecule has 3 aromatic carbocycles. The summed E-state index contributed by atoms with van der Waals surface area (Å²) in [5, 5.41) is 16.2. The van der Waals surface area contributed by atoms with E-state index in [0.717, 1.165) is 16.2 Å². The summed E-state index contributed by atoms with van der Waals surface area (Å²) in [6.07, 6.45) is 1.52. The molecule has 168 valence electrons. The van der Waals surface area contributed by atoms with Gasteiger partial charge in [-0.15, -0.1) is 11.6 Å². The number of benzene rings is 3. The van der Waals surface area contributed by atoms with Crippen molar-refractivity contribution in [1.82, 2.24) is 4.98 Å². The summed E-state index contributed by atoms with van der Waals surface area (Å²) in [5.41, 5.74) is 2.15. The van der Waals surface area contributed by atoms with Crippen LogP contribution in [0.5, 0.6) is 17.2 Å². The lowest BCUT2D eigenvalue weighted by Gasteiger charge is -2.17. The number of pyridine rings is 1. The minimum atomic E-state index is 0.333. The molecule has 0 saturated heterocycles. The van der Waals surface area contributed by atoms with Gasteiger partial charge in [0.05, 0.1) is 52.6 Å². The molecule has 0 amide bonds. The number of rotatable bonds is 7. The molecular weight excluding hydrogens is 485 g/mol. The lowest BCUT2D eigenvalue weighted by atomic mass is 10.0. The van der Waals surface area contributed by atoms with Gasteiger partial charge in [0.15, 0.2) is 11.5 Å². The Balaban J connectivity index is 1.94. The van der Waals surface area contributed by atoms with E-state index in [1.165, 1.54) is 13.3 Å². The van der Waals surface area contributed by atoms with Crippen LogP contribution in [0.25, 0.3) is 21.7 Å². The third kappa shape index (κ3) is 4.28. The minimum Gasteiger partial charge on any atom is -0.495 e.